The van der Waals surface area contributed by atoms with E-state index in [1.807, 2.05) is 12.4 Å². The number of pyridine rings is 1. The van der Waals surface area contributed by atoms with Crippen molar-refractivity contribution in [2.45, 2.75) is 44.7 Å². The first kappa shape index (κ1) is 15.9. The van der Waals surface area contributed by atoms with E-state index in [0.29, 0.717) is 12.1 Å². The van der Waals surface area contributed by atoms with Crippen molar-refractivity contribution >= 4 is 0 Å². The molecule has 0 aliphatic carbocycles. The van der Waals surface area contributed by atoms with Crippen molar-refractivity contribution in [3.63, 3.8) is 0 Å². The molecule has 2 aliphatic heterocycles. The number of aromatic nitrogens is 1. The fourth-order valence-corrected chi connectivity index (χ4v) is 3.83. The van der Waals surface area contributed by atoms with E-state index in [-0.39, 0.29) is 0 Å². The fraction of sp³-hybridized carbons (Fsp3) is 0.722. The van der Waals surface area contributed by atoms with E-state index in [1.165, 1.54) is 44.3 Å². The van der Waals surface area contributed by atoms with Crippen LogP contribution in [0.5, 0.6) is 0 Å². The molecule has 2 aliphatic rings. The highest BCUT2D eigenvalue weighted by molar-refractivity contribution is 5.16. The van der Waals surface area contributed by atoms with Crippen LogP contribution in [0.15, 0.2) is 24.5 Å². The Morgan fingerprint density at radius 3 is 2.55 bits per heavy atom. The van der Waals surface area contributed by atoms with Crippen molar-refractivity contribution in [3.8, 4) is 0 Å². The number of nitrogens with zero attached hydrogens (tertiary/aromatic N) is 3. The molecular formula is C18H30N4. The number of piperazine rings is 1. The molecule has 0 spiro atoms. The summed E-state index contributed by atoms with van der Waals surface area (Å²) in [5.41, 5.74) is 1.42. The summed E-state index contributed by atoms with van der Waals surface area (Å²) < 4.78 is 0. The standard InChI is InChI=1S/C18H30N4/c1-16-14-22(13-10-20-16)18(17-6-8-19-9-7-17)15-21-11-4-2-3-5-12-21/h6-9,16,18,20H,2-5,10-15H2,1H3. The van der Waals surface area contributed by atoms with Gasteiger partial charge in [-0.1, -0.05) is 12.8 Å². The number of hydrogen-bond donors (Lipinski definition) is 1. The van der Waals surface area contributed by atoms with E-state index in [1.54, 1.807) is 0 Å². The summed E-state index contributed by atoms with van der Waals surface area (Å²) in [6.45, 7) is 9.37. The zero-order valence-electron chi connectivity index (χ0n) is 13.9. The first-order chi connectivity index (χ1) is 10.8. The number of hydrogen-bond acceptors (Lipinski definition) is 4. The molecule has 122 valence electrons. The van der Waals surface area contributed by atoms with E-state index in [0.717, 1.165) is 26.2 Å². The highest BCUT2D eigenvalue weighted by atomic mass is 15.3. The van der Waals surface area contributed by atoms with Crippen LogP contribution in [0.2, 0.25) is 0 Å². The van der Waals surface area contributed by atoms with Gasteiger partial charge in [0.1, 0.15) is 0 Å². The Labute approximate surface area is 134 Å². The third-order valence-electron chi connectivity index (χ3n) is 5.06. The molecule has 3 rings (SSSR count). The summed E-state index contributed by atoms with van der Waals surface area (Å²) in [6, 6.07) is 5.50. The van der Waals surface area contributed by atoms with Crippen LogP contribution in [0.1, 0.15) is 44.2 Å². The maximum absolute atomic E-state index is 4.21. The molecule has 0 amide bonds. The minimum Gasteiger partial charge on any atom is -0.312 e. The quantitative estimate of drug-likeness (QED) is 0.925. The number of likely N-dealkylation sites (tertiary alicyclic amines) is 1. The van der Waals surface area contributed by atoms with Gasteiger partial charge in [-0.25, -0.2) is 0 Å². The average molecular weight is 302 g/mol. The molecule has 4 nitrogen and oxygen atoms in total. The molecule has 1 N–H and O–H groups in total. The SMILES string of the molecule is CC1CN(C(CN2CCCCCC2)c2ccncc2)CCN1. The maximum Gasteiger partial charge on any atom is 0.0477 e. The van der Waals surface area contributed by atoms with Gasteiger partial charge in [0.15, 0.2) is 0 Å². The second kappa shape index (κ2) is 8.04. The molecule has 2 unspecified atom stereocenters. The molecule has 0 saturated carbocycles. The molecule has 2 atom stereocenters. The van der Waals surface area contributed by atoms with Crippen molar-refractivity contribution < 1.29 is 0 Å². The summed E-state index contributed by atoms with van der Waals surface area (Å²) >= 11 is 0. The largest absolute Gasteiger partial charge is 0.312 e. The topological polar surface area (TPSA) is 31.4 Å². The fourth-order valence-electron chi connectivity index (χ4n) is 3.83. The lowest BCUT2D eigenvalue weighted by Crippen LogP contribution is -2.52. The van der Waals surface area contributed by atoms with Gasteiger partial charge in [0.25, 0.3) is 0 Å². The summed E-state index contributed by atoms with van der Waals surface area (Å²) in [4.78, 5) is 9.56. The molecule has 2 fully saturated rings. The zero-order valence-corrected chi connectivity index (χ0v) is 13.9. The Morgan fingerprint density at radius 2 is 1.86 bits per heavy atom. The predicted molar refractivity (Wildman–Crippen MR) is 90.9 cm³/mol. The van der Waals surface area contributed by atoms with Crippen molar-refractivity contribution in [1.82, 2.24) is 20.1 Å². The lowest BCUT2D eigenvalue weighted by Gasteiger charge is -2.40. The van der Waals surface area contributed by atoms with Crippen molar-refractivity contribution in [2.75, 3.05) is 39.3 Å². The second-order valence-electron chi connectivity index (χ2n) is 6.86. The van der Waals surface area contributed by atoms with Gasteiger partial charge in [0.05, 0.1) is 0 Å². The molecule has 22 heavy (non-hydrogen) atoms. The van der Waals surface area contributed by atoms with E-state index in [4.69, 9.17) is 0 Å². The average Bonchev–Trinajstić information content (AvgIpc) is 2.82. The van der Waals surface area contributed by atoms with Gasteiger partial charge in [-0.2, -0.15) is 0 Å². The van der Waals surface area contributed by atoms with Crippen LogP contribution in [0.4, 0.5) is 0 Å². The van der Waals surface area contributed by atoms with Crippen LogP contribution in [-0.4, -0.2) is 60.1 Å². The van der Waals surface area contributed by atoms with Gasteiger partial charge in [-0.15, -0.1) is 0 Å². The van der Waals surface area contributed by atoms with Crippen LogP contribution >= 0.6 is 0 Å². The molecule has 0 radical (unpaired) electrons. The summed E-state index contributed by atoms with van der Waals surface area (Å²) in [5.74, 6) is 0. The Hall–Kier alpha value is -0.970. The molecule has 2 saturated heterocycles. The monoisotopic (exact) mass is 302 g/mol. The van der Waals surface area contributed by atoms with Gasteiger partial charge in [-0.3, -0.25) is 9.88 Å². The Bertz CT molecular complexity index is 428. The van der Waals surface area contributed by atoms with Crippen LogP contribution in [-0.2, 0) is 0 Å². The van der Waals surface area contributed by atoms with E-state index in [2.05, 4.69) is 39.2 Å². The van der Waals surface area contributed by atoms with Crippen LogP contribution in [0.25, 0.3) is 0 Å². The van der Waals surface area contributed by atoms with Gasteiger partial charge in [0, 0.05) is 50.7 Å². The maximum atomic E-state index is 4.21. The minimum atomic E-state index is 0.505. The molecule has 3 heterocycles. The highest BCUT2D eigenvalue weighted by Gasteiger charge is 2.26. The lowest BCUT2D eigenvalue weighted by atomic mass is 10.0. The first-order valence-corrected chi connectivity index (χ1v) is 8.92. The second-order valence-corrected chi connectivity index (χ2v) is 6.86. The third-order valence-corrected chi connectivity index (χ3v) is 5.06. The minimum absolute atomic E-state index is 0.505. The zero-order chi connectivity index (χ0) is 15.2. The third kappa shape index (κ3) is 4.28. The number of rotatable bonds is 4. The molecule has 0 aromatic carbocycles. The Morgan fingerprint density at radius 1 is 1.14 bits per heavy atom. The highest BCUT2D eigenvalue weighted by Crippen LogP contribution is 2.24. The summed E-state index contributed by atoms with van der Waals surface area (Å²) in [5, 5.41) is 3.56. The van der Waals surface area contributed by atoms with E-state index >= 15 is 0 Å². The molecule has 1 aromatic heterocycles. The molecule has 4 heteroatoms. The van der Waals surface area contributed by atoms with E-state index in [9.17, 15) is 0 Å². The normalized spacial score (nSPS) is 26.5. The number of nitrogens with one attached hydrogen (secondary N) is 1. The van der Waals surface area contributed by atoms with Crippen LogP contribution in [0.3, 0.4) is 0 Å². The first-order valence-electron chi connectivity index (χ1n) is 8.92. The summed E-state index contributed by atoms with van der Waals surface area (Å²) in [6.07, 6.45) is 9.41. The van der Waals surface area contributed by atoms with Gasteiger partial charge in [0.2, 0.25) is 0 Å². The Kier molecular flexibility index (Phi) is 5.82. The molecule has 0 bridgehead atoms. The van der Waals surface area contributed by atoms with Gasteiger partial charge < -0.3 is 10.2 Å². The smallest absolute Gasteiger partial charge is 0.0477 e. The molecule has 1 aromatic rings. The predicted octanol–water partition coefficient (Wildman–Crippen LogP) is 2.29. The van der Waals surface area contributed by atoms with Gasteiger partial charge in [-0.05, 0) is 50.6 Å². The van der Waals surface area contributed by atoms with Crippen molar-refractivity contribution in [2.24, 2.45) is 0 Å². The van der Waals surface area contributed by atoms with Crippen molar-refractivity contribution in [3.05, 3.63) is 30.1 Å². The van der Waals surface area contributed by atoms with Crippen molar-refractivity contribution in [1.29, 1.82) is 0 Å². The lowest BCUT2D eigenvalue weighted by molar-refractivity contribution is 0.110. The van der Waals surface area contributed by atoms with Crippen LogP contribution < -0.4 is 5.32 Å². The Balaban J connectivity index is 1.73. The van der Waals surface area contributed by atoms with E-state index < -0.39 is 0 Å². The molecular weight excluding hydrogens is 272 g/mol. The van der Waals surface area contributed by atoms with Gasteiger partial charge >= 0.3 is 0 Å². The van der Waals surface area contributed by atoms with Crippen LogP contribution in [0, 0.1) is 0 Å². The summed E-state index contributed by atoms with van der Waals surface area (Å²) in [7, 11) is 0.